The third-order valence-electron chi connectivity index (χ3n) is 3.22. The Kier molecular flexibility index (Phi) is 3.72. The number of anilines is 1. The highest BCUT2D eigenvalue weighted by Crippen LogP contribution is 2.25. The van der Waals surface area contributed by atoms with E-state index >= 15 is 0 Å². The normalized spacial score (nSPS) is 16.6. The molecule has 0 aliphatic heterocycles. The molecule has 0 radical (unpaired) electrons. The number of hydrogen-bond acceptors (Lipinski definition) is 4. The van der Waals surface area contributed by atoms with Gasteiger partial charge in [-0.3, -0.25) is 0 Å². The molecule has 0 bridgehead atoms. The van der Waals surface area contributed by atoms with Crippen molar-refractivity contribution in [2.24, 2.45) is 5.92 Å². The Balaban J connectivity index is 1.94. The molecule has 0 amide bonds. The van der Waals surface area contributed by atoms with Gasteiger partial charge >= 0.3 is 0 Å². The highest BCUT2D eigenvalue weighted by molar-refractivity contribution is 5.28. The molecular formula is C12H19N3O. The number of nitrogens with zero attached hydrogens (tertiary/aromatic N) is 3. The average molecular weight is 221 g/mol. The Labute approximate surface area is 96.3 Å². The lowest BCUT2D eigenvalue weighted by molar-refractivity contribution is 0.281. The summed E-state index contributed by atoms with van der Waals surface area (Å²) >= 11 is 0. The van der Waals surface area contributed by atoms with Crippen molar-refractivity contribution >= 4 is 5.95 Å². The van der Waals surface area contributed by atoms with E-state index in [1.54, 1.807) is 12.4 Å². The van der Waals surface area contributed by atoms with E-state index in [9.17, 15) is 0 Å². The third-order valence-corrected chi connectivity index (χ3v) is 3.22. The van der Waals surface area contributed by atoms with E-state index < -0.39 is 0 Å². The van der Waals surface area contributed by atoms with Gasteiger partial charge in [-0.25, -0.2) is 9.97 Å². The molecule has 16 heavy (non-hydrogen) atoms. The molecule has 1 saturated carbocycles. The van der Waals surface area contributed by atoms with Gasteiger partial charge in [0.25, 0.3) is 0 Å². The first-order chi connectivity index (χ1) is 7.79. The molecule has 1 aliphatic rings. The Bertz CT molecular complexity index is 320. The molecule has 1 aliphatic carbocycles. The molecule has 1 fully saturated rings. The van der Waals surface area contributed by atoms with Crippen molar-refractivity contribution in [3.63, 3.8) is 0 Å². The maximum atomic E-state index is 8.90. The fraction of sp³-hybridized carbons (Fsp3) is 0.667. The van der Waals surface area contributed by atoms with Gasteiger partial charge < -0.3 is 10.0 Å². The van der Waals surface area contributed by atoms with Crippen LogP contribution in [0.5, 0.6) is 0 Å². The second-order valence-corrected chi connectivity index (χ2v) is 4.58. The lowest BCUT2D eigenvalue weighted by atomic mass is 10.1. The number of aliphatic hydroxyl groups excluding tert-OH is 1. The Hall–Kier alpha value is -1.16. The minimum Gasteiger partial charge on any atom is -0.392 e. The molecule has 4 nitrogen and oxygen atoms in total. The first kappa shape index (κ1) is 11.3. The van der Waals surface area contributed by atoms with Crippen LogP contribution in [0.25, 0.3) is 0 Å². The summed E-state index contributed by atoms with van der Waals surface area (Å²) < 4.78 is 0. The van der Waals surface area contributed by atoms with Gasteiger partial charge in [-0.2, -0.15) is 0 Å². The van der Waals surface area contributed by atoms with E-state index in [2.05, 4.69) is 14.9 Å². The van der Waals surface area contributed by atoms with Crippen LogP contribution in [0.4, 0.5) is 5.95 Å². The zero-order valence-corrected chi connectivity index (χ0v) is 9.76. The number of aliphatic hydroxyl groups is 1. The largest absolute Gasteiger partial charge is 0.392 e. The monoisotopic (exact) mass is 221 g/mol. The summed E-state index contributed by atoms with van der Waals surface area (Å²) in [7, 11) is 2.03. The minimum absolute atomic E-state index is 0.00657. The van der Waals surface area contributed by atoms with Gasteiger partial charge in [0.05, 0.1) is 6.61 Å². The van der Waals surface area contributed by atoms with Gasteiger partial charge in [-0.05, 0) is 18.8 Å². The molecule has 4 heteroatoms. The van der Waals surface area contributed by atoms with Crippen molar-refractivity contribution in [2.45, 2.75) is 32.3 Å². The van der Waals surface area contributed by atoms with Crippen molar-refractivity contribution < 1.29 is 5.11 Å². The summed E-state index contributed by atoms with van der Waals surface area (Å²) in [6.07, 6.45) is 8.77. The fourth-order valence-electron chi connectivity index (χ4n) is 2.29. The van der Waals surface area contributed by atoms with Crippen LogP contribution in [0.2, 0.25) is 0 Å². The van der Waals surface area contributed by atoms with Crippen LogP contribution in [-0.2, 0) is 6.61 Å². The lowest BCUT2D eigenvalue weighted by Gasteiger charge is -2.20. The van der Waals surface area contributed by atoms with Gasteiger partial charge in [0.2, 0.25) is 5.95 Å². The average Bonchev–Trinajstić information content (AvgIpc) is 2.82. The van der Waals surface area contributed by atoms with Crippen LogP contribution >= 0.6 is 0 Å². The number of rotatable bonds is 4. The van der Waals surface area contributed by atoms with Gasteiger partial charge in [0.15, 0.2) is 0 Å². The predicted octanol–water partition coefficient (Wildman–Crippen LogP) is 1.60. The first-order valence-corrected chi connectivity index (χ1v) is 5.92. The highest BCUT2D eigenvalue weighted by Gasteiger charge is 2.17. The summed E-state index contributed by atoms with van der Waals surface area (Å²) in [6, 6.07) is 0. The fourth-order valence-corrected chi connectivity index (χ4v) is 2.29. The van der Waals surface area contributed by atoms with Gasteiger partial charge in [0, 0.05) is 31.5 Å². The van der Waals surface area contributed by atoms with E-state index in [0.717, 1.165) is 24.0 Å². The van der Waals surface area contributed by atoms with E-state index in [-0.39, 0.29) is 6.61 Å². The molecular weight excluding hydrogens is 202 g/mol. The maximum absolute atomic E-state index is 8.90. The Morgan fingerprint density at radius 2 is 1.94 bits per heavy atom. The van der Waals surface area contributed by atoms with Crippen LogP contribution < -0.4 is 4.90 Å². The second kappa shape index (κ2) is 5.25. The van der Waals surface area contributed by atoms with Crippen LogP contribution in [0.3, 0.4) is 0 Å². The summed E-state index contributed by atoms with van der Waals surface area (Å²) in [5, 5.41) is 8.90. The highest BCUT2D eigenvalue weighted by atomic mass is 16.3. The number of aromatic nitrogens is 2. The topological polar surface area (TPSA) is 49.2 Å². The molecule has 1 heterocycles. The van der Waals surface area contributed by atoms with Crippen LogP contribution in [0.15, 0.2) is 12.4 Å². The van der Waals surface area contributed by atoms with Crippen molar-refractivity contribution in [2.75, 3.05) is 18.5 Å². The smallest absolute Gasteiger partial charge is 0.225 e. The molecule has 0 aromatic carbocycles. The van der Waals surface area contributed by atoms with Crippen molar-refractivity contribution in [1.82, 2.24) is 9.97 Å². The van der Waals surface area contributed by atoms with Crippen molar-refractivity contribution in [3.05, 3.63) is 18.0 Å². The molecule has 1 aromatic heterocycles. The Morgan fingerprint density at radius 3 is 2.50 bits per heavy atom. The van der Waals surface area contributed by atoms with E-state index in [0.29, 0.717) is 0 Å². The molecule has 0 spiro atoms. The van der Waals surface area contributed by atoms with Crippen LogP contribution in [0, 0.1) is 5.92 Å². The zero-order valence-electron chi connectivity index (χ0n) is 9.76. The number of hydrogen-bond donors (Lipinski definition) is 1. The summed E-state index contributed by atoms with van der Waals surface area (Å²) in [5.74, 6) is 1.55. The third kappa shape index (κ3) is 2.70. The molecule has 0 saturated heterocycles. The van der Waals surface area contributed by atoms with E-state index in [1.165, 1.54) is 25.7 Å². The molecule has 0 atom stereocenters. The lowest BCUT2D eigenvalue weighted by Crippen LogP contribution is -2.25. The van der Waals surface area contributed by atoms with Crippen LogP contribution in [-0.4, -0.2) is 28.7 Å². The molecule has 1 aromatic rings. The SMILES string of the molecule is CN(CC1CCCC1)c1ncc(CO)cn1. The first-order valence-electron chi connectivity index (χ1n) is 5.92. The predicted molar refractivity (Wildman–Crippen MR) is 63.2 cm³/mol. The Morgan fingerprint density at radius 1 is 1.31 bits per heavy atom. The molecule has 0 unspecified atom stereocenters. The van der Waals surface area contributed by atoms with Crippen LogP contribution in [0.1, 0.15) is 31.2 Å². The summed E-state index contributed by atoms with van der Waals surface area (Å²) in [4.78, 5) is 10.6. The maximum Gasteiger partial charge on any atom is 0.225 e. The van der Waals surface area contributed by atoms with Crippen molar-refractivity contribution in [1.29, 1.82) is 0 Å². The minimum atomic E-state index is 0.00657. The standard InChI is InChI=1S/C12H19N3O/c1-15(8-10-4-2-3-5-10)12-13-6-11(9-16)7-14-12/h6-7,10,16H,2-5,8-9H2,1H3. The van der Waals surface area contributed by atoms with Gasteiger partial charge in [0.1, 0.15) is 0 Å². The van der Waals surface area contributed by atoms with Gasteiger partial charge in [-0.15, -0.1) is 0 Å². The summed E-state index contributed by atoms with van der Waals surface area (Å²) in [6.45, 7) is 1.05. The van der Waals surface area contributed by atoms with E-state index in [1.807, 2.05) is 7.05 Å². The zero-order chi connectivity index (χ0) is 11.4. The summed E-state index contributed by atoms with van der Waals surface area (Å²) in [5.41, 5.74) is 0.762. The van der Waals surface area contributed by atoms with Gasteiger partial charge in [-0.1, -0.05) is 12.8 Å². The molecule has 88 valence electrons. The van der Waals surface area contributed by atoms with Crippen molar-refractivity contribution in [3.8, 4) is 0 Å². The second-order valence-electron chi connectivity index (χ2n) is 4.58. The quantitative estimate of drug-likeness (QED) is 0.839. The van der Waals surface area contributed by atoms with E-state index in [4.69, 9.17) is 5.11 Å². The molecule has 1 N–H and O–H groups in total. The molecule has 2 rings (SSSR count).